The van der Waals surface area contributed by atoms with E-state index < -0.39 is 0 Å². The molecular weight excluding hydrogens is 230 g/mol. The Labute approximate surface area is 104 Å². The fraction of sp³-hybridized carbons (Fsp3) is 0.250. The van der Waals surface area contributed by atoms with Crippen LogP contribution in [0.5, 0.6) is 0 Å². The normalized spacial score (nSPS) is 14.3. The van der Waals surface area contributed by atoms with E-state index in [4.69, 9.17) is 0 Å². The summed E-state index contributed by atoms with van der Waals surface area (Å²) in [6, 6.07) is 7.76. The van der Waals surface area contributed by atoms with E-state index in [-0.39, 0.29) is 5.91 Å². The number of carbonyl (C=O) groups is 1. The number of rotatable bonds is 2. The van der Waals surface area contributed by atoms with Crippen molar-refractivity contribution < 1.29 is 4.79 Å². The minimum absolute atomic E-state index is 0.0411. The molecule has 1 aliphatic rings. The van der Waals surface area contributed by atoms with E-state index >= 15 is 0 Å². The molecule has 2 heterocycles. The third kappa shape index (κ3) is 1.81. The third-order valence-electron chi connectivity index (χ3n) is 2.90. The topological polar surface area (TPSA) is 63.1 Å². The maximum Gasteiger partial charge on any atom is 0.246 e. The lowest BCUT2D eigenvalue weighted by molar-refractivity contribution is -0.117. The van der Waals surface area contributed by atoms with Crippen LogP contribution in [0.15, 0.2) is 30.5 Å². The van der Waals surface area contributed by atoms with Crippen molar-refractivity contribution in [1.82, 2.24) is 15.0 Å². The van der Waals surface area contributed by atoms with Crippen LogP contribution in [0, 0.1) is 0 Å². The summed E-state index contributed by atoms with van der Waals surface area (Å²) in [6.45, 7) is 0.767. The lowest BCUT2D eigenvalue weighted by Crippen LogP contribution is -2.39. The Hall–Kier alpha value is -2.37. The number of hydrogen-bond acceptors (Lipinski definition) is 4. The van der Waals surface area contributed by atoms with Crippen molar-refractivity contribution >= 4 is 17.3 Å². The second-order valence-electron chi connectivity index (χ2n) is 4.23. The standard InChI is InChI=1S/C12H13N5O/c1-16-7-9(14-15-16)8-17-11-5-3-2-4-10(11)13-6-12(17)18/h2-5,7,13H,6,8H2,1H3. The van der Waals surface area contributed by atoms with Gasteiger partial charge in [0.1, 0.15) is 5.69 Å². The van der Waals surface area contributed by atoms with Gasteiger partial charge in [0.25, 0.3) is 0 Å². The van der Waals surface area contributed by atoms with Crippen LogP contribution in [0.2, 0.25) is 0 Å². The molecule has 0 radical (unpaired) electrons. The Bertz CT molecular complexity index is 592. The van der Waals surface area contributed by atoms with Crippen LogP contribution in [0.1, 0.15) is 5.69 Å². The summed E-state index contributed by atoms with van der Waals surface area (Å²) in [7, 11) is 1.81. The highest BCUT2D eigenvalue weighted by Gasteiger charge is 2.24. The first kappa shape index (κ1) is 10.8. The first-order valence-corrected chi connectivity index (χ1v) is 5.72. The van der Waals surface area contributed by atoms with Crippen LogP contribution in [-0.4, -0.2) is 27.4 Å². The molecule has 1 N–H and O–H groups in total. The lowest BCUT2D eigenvalue weighted by Gasteiger charge is -2.29. The number of fused-ring (bicyclic) bond motifs is 1. The van der Waals surface area contributed by atoms with E-state index in [2.05, 4.69) is 15.6 Å². The monoisotopic (exact) mass is 243 g/mol. The smallest absolute Gasteiger partial charge is 0.246 e. The van der Waals surface area contributed by atoms with Gasteiger partial charge in [0.05, 0.1) is 24.5 Å². The molecule has 0 atom stereocenters. The van der Waals surface area contributed by atoms with Gasteiger partial charge in [0, 0.05) is 13.2 Å². The average molecular weight is 243 g/mol. The Morgan fingerprint density at radius 3 is 3.00 bits per heavy atom. The van der Waals surface area contributed by atoms with Crippen molar-refractivity contribution in [1.29, 1.82) is 0 Å². The maximum absolute atomic E-state index is 12.0. The average Bonchev–Trinajstić information content (AvgIpc) is 2.79. The highest BCUT2D eigenvalue weighted by molar-refractivity contribution is 6.02. The zero-order valence-corrected chi connectivity index (χ0v) is 10.00. The van der Waals surface area contributed by atoms with Gasteiger partial charge in [-0.25, -0.2) is 0 Å². The van der Waals surface area contributed by atoms with Crippen LogP contribution >= 0.6 is 0 Å². The second kappa shape index (κ2) is 4.14. The molecule has 1 aromatic heterocycles. The van der Waals surface area contributed by atoms with E-state index in [9.17, 15) is 4.79 Å². The van der Waals surface area contributed by atoms with Crippen molar-refractivity contribution in [3.8, 4) is 0 Å². The molecule has 0 aliphatic carbocycles. The third-order valence-corrected chi connectivity index (χ3v) is 2.90. The number of aryl methyl sites for hydroxylation is 1. The molecule has 0 unspecified atom stereocenters. The number of carbonyl (C=O) groups excluding carboxylic acids is 1. The Morgan fingerprint density at radius 1 is 1.39 bits per heavy atom. The molecule has 2 aromatic rings. The summed E-state index contributed by atoms with van der Waals surface area (Å²) in [5, 5.41) is 11.0. The minimum atomic E-state index is 0.0411. The Morgan fingerprint density at radius 2 is 2.22 bits per heavy atom. The number of benzene rings is 1. The quantitative estimate of drug-likeness (QED) is 0.846. The zero-order chi connectivity index (χ0) is 12.5. The number of anilines is 2. The number of hydrogen-bond donors (Lipinski definition) is 1. The van der Waals surface area contributed by atoms with Crippen LogP contribution < -0.4 is 10.2 Å². The molecule has 1 amide bonds. The maximum atomic E-state index is 12.0. The summed E-state index contributed by atoms with van der Waals surface area (Å²) in [5.41, 5.74) is 2.64. The van der Waals surface area contributed by atoms with Crippen LogP contribution in [0.3, 0.4) is 0 Å². The molecule has 0 fully saturated rings. The fourth-order valence-electron chi connectivity index (χ4n) is 2.06. The van der Waals surface area contributed by atoms with Gasteiger partial charge < -0.3 is 10.2 Å². The molecule has 1 aromatic carbocycles. The minimum Gasteiger partial charge on any atom is -0.374 e. The van der Waals surface area contributed by atoms with Gasteiger partial charge in [0.2, 0.25) is 5.91 Å². The highest BCUT2D eigenvalue weighted by Crippen LogP contribution is 2.29. The van der Waals surface area contributed by atoms with Crippen molar-refractivity contribution in [3.63, 3.8) is 0 Å². The SMILES string of the molecule is Cn1cc(CN2C(=O)CNc3ccccc32)nn1. The Kier molecular flexibility index (Phi) is 2.47. The molecule has 18 heavy (non-hydrogen) atoms. The van der Waals surface area contributed by atoms with Gasteiger partial charge in [-0.15, -0.1) is 5.10 Å². The molecule has 0 saturated carbocycles. The van der Waals surface area contributed by atoms with E-state index in [1.165, 1.54) is 0 Å². The number of nitrogens with one attached hydrogen (secondary N) is 1. The molecule has 92 valence electrons. The van der Waals surface area contributed by atoms with E-state index in [1.54, 1.807) is 9.58 Å². The first-order chi connectivity index (χ1) is 8.74. The zero-order valence-electron chi connectivity index (χ0n) is 10.00. The van der Waals surface area contributed by atoms with Crippen molar-refractivity contribution in [2.45, 2.75) is 6.54 Å². The summed E-state index contributed by atoms with van der Waals surface area (Å²) in [5.74, 6) is 0.0411. The van der Waals surface area contributed by atoms with Crippen molar-refractivity contribution in [3.05, 3.63) is 36.2 Å². The van der Waals surface area contributed by atoms with Gasteiger partial charge in [0.15, 0.2) is 0 Å². The van der Waals surface area contributed by atoms with Crippen molar-refractivity contribution in [2.24, 2.45) is 7.05 Å². The van der Waals surface area contributed by atoms with Gasteiger partial charge >= 0.3 is 0 Å². The molecule has 0 spiro atoms. The largest absolute Gasteiger partial charge is 0.374 e. The predicted octanol–water partition coefficient (Wildman–Crippen LogP) is 0.774. The number of para-hydroxylation sites is 2. The van der Waals surface area contributed by atoms with E-state index in [0.29, 0.717) is 13.1 Å². The molecular formula is C12H13N5O. The van der Waals surface area contributed by atoms with Crippen LogP contribution in [0.25, 0.3) is 0 Å². The number of nitrogens with zero attached hydrogens (tertiary/aromatic N) is 4. The van der Waals surface area contributed by atoms with E-state index in [1.807, 2.05) is 37.5 Å². The molecule has 6 heteroatoms. The molecule has 0 saturated heterocycles. The fourth-order valence-corrected chi connectivity index (χ4v) is 2.06. The van der Waals surface area contributed by atoms with Gasteiger partial charge in [-0.3, -0.25) is 9.48 Å². The van der Waals surface area contributed by atoms with Crippen LogP contribution in [-0.2, 0) is 18.4 Å². The number of amides is 1. The second-order valence-corrected chi connectivity index (χ2v) is 4.23. The molecule has 0 bridgehead atoms. The summed E-state index contributed by atoms with van der Waals surface area (Å²) >= 11 is 0. The predicted molar refractivity (Wildman–Crippen MR) is 67.1 cm³/mol. The molecule has 1 aliphatic heterocycles. The first-order valence-electron chi connectivity index (χ1n) is 5.72. The highest BCUT2D eigenvalue weighted by atomic mass is 16.2. The number of aromatic nitrogens is 3. The van der Waals surface area contributed by atoms with E-state index in [0.717, 1.165) is 17.1 Å². The summed E-state index contributed by atoms with van der Waals surface area (Å²) in [4.78, 5) is 13.7. The summed E-state index contributed by atoms with van der Waals surface area (Å²) in [6.07, 6.45) is 1.82. The van der Waals surface area contributed by atoms with Crippen LogP contribution in [0.4, 0.5) is 11.4 Å². The molecule has 3 rings (SSSR count). The Balaban J connectivity index is 1.93. The van der Waals surface area contributed by atoms with Gasteiger partial charge in [-0.1, -0.05) is 17.3 Å². The van der Waals surface area contributed by atoms with Gasteiger partial charge in [-0.05, 0) is 12.1 Å². The van der Waals surface area contributed by atoms with Gasteiger partial charge in [-0.2, -0.15) is 0 Å². The molecule has 6 nitrogen and oxygen atoms in total. The van der Waals surface area contributed by atoms with Crippen molar-refractivity contribution in [2.75, 3.05) is 16.8 Å². The summed E-state index contributed by atoms with van der Waals surface area (Å²) < 4.78 is 1.63. The lowest BCUT2D eigenvalue weighted by atomic mass is 10.2.